The van der Waals surface area contributed by atoms with Gasteiger partial charge in [0.25, 0.3) is 0 Å². The van der Waals surface area contributed by atoms with E-state index in [0.717, 1.165) is 25.5 Å². The highest BCUT2D eigenvalue weighted by Crippen LogP contribution is 2.20. The van der Waals surface area contributed by atoms with Gasteiger partial charge in [-0.3, -0.25) is 0 Å². The second kappa shape index (κ2) is 7.59. The molecule has 0 spiro atoms. The Balaban J connectivity index is 1.47. The van der Waals surface area contributed by atoms with Crippen molar-refractivity contribution in [1.82, 2.24) is 0 Å². The number of rotatable bonds is 11. The van der Waals surface area contributed by atoms with E-state index in [-0.39, 0.29) is 18.5 Å². The Hall–Kier alpha value is -0.950. The average Bonchev–Trinajstić information content (AvgIpc) is 3.28. The third kappa shape index (κ3) is 6.15. The van der Waals surface area contributed by atoms with Crippen molar-refractivity contribution in [2.75, 3.05) is 33.0 Å². The van der Waals surface area contributed by atoms with Gasteiger partial charge in [0.15, 0.2) is 6.29 Å². The molecule has 0 N–H and O–H groups in total. The number of unbranched alkanes of at least 4 members (excludes halogenated alkanes) is 1. The number of hydrogen-bond donors (Lipinski definition) is 0. The highest BCUT2D eigenvalue weighted by molar-refractivity contribution is 5.81. The summed E-state index contributed by atoms with van der Waals surface area (Å²) in [6.07, 6.45) is 2.69. The molecule has 3 unspecified atom stereocenters. The molecule has 2 rings (SSSR count). The molecule has 0 aromatic rings. The van der Waals surface area contributed by atoms with Gasteiger partial charge in [0.2, 0.25) is 0 Å². The maximum Gasteiger partial charge on any atom is 0.330 e. The smallest absolute Gasteiger partial charge is 0.330 e. The summed E-state index contributed by atoms with van der Waals surface area (Å²) in [4.78, 5) is 10.8. The average molecular weight is 272 g/mol. The van der Waals surface area contributed by atoms with Crippen LogP contribution in [-0.4, -0.2) is 57.5 Å². The van der Waals surface area contributed by atoms with E-state index in [4.69, 9.17) is 23.7 Å². The molecule has 0 aromatic carbocycles. The molecule has 0 aromatic heterocycles. The van der Waals surface area contributed by atoms with Gasteiger partial charge in [0, 0.05) is 12.7 Å². The molecular weight excluding hydrogens is 252 g/mol. The molecule has 6 nitrogen and oxygen atoms in total. The van der Waals surface area contributed by atoms with Crippen LogP contribution < -0.4 is 0 Å². The van der Waals surface area contributed by atoms with E-state index in [9.17, 15) is 4.79 Å². The van der Waals surface area contributed by atoms with Crippen molar-refractivity contribution in [2.24, 2.45) is 0 Å². The Morgan fingerprint density at radius 1 is 1.26 bits per heavy atom. The van der Waals surface area contributed by atoms with Crippen LogP contribution in [0.4, 0.5) is 0 Å². The fourth-order valence-electron chi connectivity index (χ4n) is 1.48. The monoisotopic (exact) mass is 272 g/mol. The summed E-state index contributed by atoms with van der Waals surface area (Å²) in [6.45, 7) is 6.28. The van der Waals surface area contributed by atoms with E-state index < -0.39 is 5.97 Å². The lowest BCUT2D eigenvalue weighted by atomic mass is 10.3. The van der Waals surface area contributed by atoms with Crippen molar-refractivity contribution >= 4 is 5.97 Å². The van der Waals surface area contributed by atoms with Crippen LogP contribution >= 0.6 is 0 Å². The van der Waals surface area contributed by atoms with Crippen LogP contribution in [-0.2, 0) is 28.5 Å². The zero-order valence-corrected chi connectivity index (χ0v) is 10.9. The molecule has 3 atom stereocenters. The fraction of sp³-hybridized carbons (Fsp3) is 0.769. The molecule has 2 fully saturated rings. The Labute approximate surface area is 112 Å². The van der Waals surface area contributed by atoms with Crippen molar-refractivity contribution < 1.29 is 28.5 Å². The topological polar surface area (TPSA) is 69.8 Å². The van der Waals surface area contributed by atoms with E-state index in [1.807, 2.05) is 0 Å². The lowest BCUT2D eigenvalue weighted by molar-refractivity contribution is -0.157. The van der Waals surface area contributed by atoms with E-state index in [1.165, 1.54) is 0 Å². The summed E-state index contributed by atoms with van der Waals surface area (Å²) in [6, 6.07) is 0. The summed E-state index contributed by atoms with van der Waals surface area (Å²) in [5, 5.41) is 0. The third-order valence-corrected chi connectivity index (χ3v) is 2.74. The summed E-state index contributed by atoms with van der Waals surface area (Å²) in [7, 11) is 0. The molecule has 0 amide bonds. The van der Waals surface area contributed by atoms with E-state index in [1.54, 1.807) is 0 Å². The number of esters is 1. The van der Waals surface area contributed by atoms with Crippen LogP contribution in [0.1, 0.15) is 12.8 Å². The van der Waals surface area contributed by atoms with Crippen molar-refractivity contribution in [3.63, 3.8) is 0 Å². The Kier molecular flexibility index (Phi) is 5.78. The number of hydrogen-bond acceptors (Lipinski definition) is 6. The van der Waals surface area contributed by atoms with E-state index >= 15 is 0 Å². The van der Waals surface area contributed by atoms with Crippen LogP contribution in [0.15, 0.2) is 12.7 Å². The molecule has 2 aliphatic heterocycles. The first kappa shape index (κ1) is 14.5. The number of carbonyl (C=O) groups excluding carboxylic acids is 1. The molecular formula is C13H20O6. The Bertz CT molecular complexity index is 298. The summed E-state index contributed by atoms with van der Waals surface area (Å²) in [5.74, 6) is -0.391. The lowest BCUT2D eigenvalue weighted by Crippen LogP contribution is -2.26. The fourth-order valence-corrected chi connectivity index (χ4v) is 1.48. The minimum Gasteiger partial charge on any atom is -0.463 e. The van der Waals surface area contributed by atoms with Gasteiger partial charge in [-0.2, -0.15) is 0 Å². The van der Waals surface area contributed by atoms with Gasteiger partial charge in [-0.05, 0) is 12.8 Å². The van der Waals surface area contributed by atoms with Crippen molar-refractivity contribution in [3.05, 3.63) is 12.7 Å². The van der Waals surface area contributed by atoms with Crippen LogP contribution in [0.2, 0.25) is 0 Å². The van der Waals surface area contributed by atoms with Gasteiger partial charge >= 0.3 is 5.97 Å². The molecule has 2 heterocycles. The molecule has 2 saturated heterocycles. The normalized spacial score (nSPS) is 25.7. The lowest BCUT2D eigenvalue weighted by Gasteiger charge is -2.16. The number of epoxide rings is 2. The molecule has 108 valence electrons. The second-order valence-electron chi connectivity index (χ2n) is 4.48. The van der Waals surface area contributed by atoms with Crippen LogP contribution in [0, 0.1) is 0 Å². The minimum absolute atomic E-state index is 0.0531. The predicted octanol–water partition coefficient (Wildman–Crippen LogP) is 0.653. The minimum atomic E-state index is -0.391. The van der Waals surface area contributed by atoms with E-state index in [0.29, 0.717) is 26.4 Å². The number of carbonyl (C=O) groups is 1. The van der Waals surface area contributed by atoms with Crippen LogP contribution in [0.5, 0.6) is 0 Å². The first-order chi connectivity index (χ1) is 9.29. The molecule has 0 aliphatic carbocycles. The first-order valence-corrected chi connectivity index (χ1v) is 6.55. The Morgan fingerprint density at radius 2 is 2.00 bits per heavy atom. The van der Waals surface area contributed by atoms with Gasteiger partial charge in [-0.15, -0.1) is 0 Å². The van der Waals surface area contributed by atoms with Gasteiger partial charge in [-0.25, -0.2) is 4.79 Å². The SMILES string of the molecule is C=CC(=O)OCCCCOC(OCC1CO1)C1CO1. The molecule has 0 radical (unpaired) electrons. The number of ether oxygens (including phenoxy) is 5. The quantitative estimate of drug-likeness (QED) is 0.181. The van der Waals surface area contributed by atoms with Crippen LogP contribution in [0.25, 0.3) is 0 Å². The van der Waals surface area contributed by atoms with Crippen molar-refractivity contribution in [1.29, 1.82) is 0 Å². The zero-order chi connectivity index (χ0) is 13.5. The van der Waals surface area contributed by atoms with Crippen LogP contribution in [0.3, 0.4) is 0 Å². The maximum atomic E-state index is 10.8. The highest BCUT2D eigenvalue weighted by atomic mass is 16.7. The standard InChI is InChI=1S/C13H20O6/c1-2-12(14)15-5-3-4-6-16-13(11-9-18-11)19-8-10-7-17-10/h2,10-11,13H,1,3-9H2. The zero-order valence-electron chi connectivity index (χ0n) is 10.9. The van der Waals surface area contributed by atoms with Gasteiger partial charge in [0.1, 0.15) is 12.2 Å². The van der Waals surface area contributed by atoms with E-state index in [2.05, 4.69) is 6.58 Å². The summed E-state index contributed by atoms with van der Waals surface area (Å²) >= 11 is 0. The molecule has 2 aliphatic rings. The third-order valence-electron chi connectivity index (χ3n) is 2.74. The molecule has 0 bridgehead atoms. The van der Waals surface area contributed by atoms with Gasteiger partial charge in [-0.1, -0.05) is 6.58 Å². The molecule has 19 heavy (non-hydrogen) atoms. The summed E-state index contributed by atoms with van der Waals surface area (Å²) in [5.41, 5.74) is 0. The highest BCUT2D eigenvalue weighted by Gasteiger charge is 2.36. The van der Waals surface area contributed by atoms with Gasteiger partial charge in [0.05, 0.1) is 26.4 Å². The first-order valence-electron chi connectivity index (χ1n) is 6.55. The summed E-state index contributed by atoms with van der Waals surface area (Å²) < 4.78 is 26.3. The predicted molar refractivity (Wildman–Crippen MR) is 65.6 cm³/mol. The Morgan fingerprint density at radius 3 is 2.63 bits per heavy atom. The van der Waals surface area contributed by atoms with Crippen molar-refractivity contribution in [3.8, 4) is 0 Å². The molecule has 6 heteroatoms. The largest absolute Gasteiger partial charge is 0.463 e. The van der Waals surface area contributed by atoms with Crippen molar-refractivity contribution in [2.45, 2.75) is 31.3 Å². The second-order valence-corrected chi connectivity index (χ2v) is 4.48. The maximum absolute atomic E-state index is 10.8. The molecule has 0 saturated carbocycles. The van der Waals surface area contributed by atoms with Gasteiger partial charge < -0.3 is 23.7 Å².